The lowest BCUT2D eigenvalue weighted by molar-refractivity contribution is -0.122. The van der Waals surface area contributed by atoms with Crippen LogP contribution in [0, 0.1) is 0 Å². The molecule has 1 atom stereocenters. The molecule has 2 rings (SSSR count). The molecule has 2 N–H and O–H groups in total. The van der Waals surface area contributed by atoms with Crippen molar-refractivity contribution >= 4 is 5.91 Å². The Morgan fingerprint density at radius 1 is 1.42 bits per heavy atom. The van der Waals surface area contributed by atoms with Gasteiger partial charge in [0.25, 0.3) is 0 Å². The molecule has 0 radical (unpaired) electrons. The van der Waals surface area contributed by atoms with Crippen LogP contribution < -0.4 is 10.6 Å². The van der Waals surface area contributed by atoms with Gasteiger partial charge in [0.1, 0.15) is 6.54 Å². The molecule has 1 amide bonds. The van der Waals surface area contributed by atoms with Crippen molar-refractivity contribution in [1.82, 2.24) is 15.2 Å². The molecule has 1 aromatic rings. The Hall–Kier alpha value is -1.29. The summed E-state index contributed by atoms with van der Waals surface area (Å²) in [6.45, 7) is 4.39. The van der Waals surface area contributed by atoms with Crippen LogP contribution >= 0.6 is 0 Å². The number of aryl methyl sites for hydroxylation is 1. The zero-order valence-corrected chi connectivity index (χ0v) is 12.2. The smallest absolute Gasteiger partial charge is 0.240 e. The zero-order chi connectivity index (χ0) is 13.8. The Bertz CT molecular complexity index is 437. The first-order chi connectivity index (χ1) is 9.10. The number of nitrogens with zero attached hydrogens (tertiary/aromatic N) is 1. The van der Waals surface area contributed by atoms with Crippen molar-refractivity contribution in [2.75, 3.05) is 7.05 Å². The van der Waals surface area contributed by atoms with E-state index in [2.05, 4.69) is 23.0 Å². The molecule has 0 bridgehead atoms. The molecule has 1 aliphatic carbocycles. The Labute approximate surface area is 115 Å². The molecule has 106 valence electrons. The molecule has 0 fully saturated rings. The van der Waals surface area contributed by atoms with E-state index in [-0.39, 0.29) is 11.9 Å². The minimum Gasteiger partial charge on any atom is -0.352 e. The largest absolute Gasteiger partial charge is 0.352 e. The Kier molecular flexibility index (Phi) is 4.64. The second-order valence-electron chi connectivity index (χ2n) is 5.72. The number of carbonyl (C=O) groups excluding carboxylic acids is 1. The highest BCUT2D eigenvalue weighted by molar-refractivity contribution is 5.76. The second-order valence-corrected chi connectivity index (χ2v) is 5.72. The van der Waals surface area contributed by atoms with Gasteiger partial charge in [0, 0.05) is 24.5 Å². The lowest BCUT2D eigenvalue weighted by Gasteiger charge is -2.13. The number of aromatic nitrogens is 1. The van der Waals surface area contributed by atoms with Crippen LogP contribution in [-0.2, 0) is 17.8 Å². The number of rotatable bonds is 4. The Morgan fingerprint density at radius 2 is 2.21 bits per heavy atom. The molecule has 0 aliphatic heterocycles. The average Bonchev–Trinajstić information content (AvgIpc) is 2.61. The molecule has 4 nitrogen and oxygen atoms in total. The maximum absolute atomic E-state index is 11.8. The standard InChI is InChI=1S/C15H25N3O/c1-11(2)17-15(19)10-18-8-12-6-4-5-7-14(16-3)13(12)9-18/h8-9,11,14,16H,4-7,10H2,1-3H3,(H,17,19). The quantitative estimate of drug-likeness (QED) is 0.816. The van der Waals surface area contributed by atoms with Crippen LogP contribution in [-0.4, -0.2) is 23.6 Å². The van der Waals surface area contributed by atoms with Crippen LogP contribution in [0.1, 0.15) is 50.3 Å². The summed E-state index contributed by atoms with van der Waals surface area (Å²) in [4.78, 5) is 11.8. The van der Waals surface area contributed by atoms with Gasteiger partial charge < -0.3 is 15.2 Å². The van der Waals surface area contributed by atoms with Gasteiger partial charge in [-0.1, -0.05) is 6.42 Å². The highest BCUT2D eigenvalue weighted by atomic mass is 16.2. The molecule has 0 saturated carbocycles. The minimum absolute atomic E-state index is 0.0844. The van der Waals surface area contributed by atoms with Crippen molar-refractivity contribution < 1.29 is 4.79 Å². The van der Waals surface area contributed by atoms with Crippen molar-refractivity contribution in [3.63, 3.8) is 0 Å². The third-order valence-corrected chi connectivity index (χ3v) is 3.69. The number of hydrogen-bond acceptors (Lipinski definition) is 2. The van der Waals surface area contributed by atoms with Gasteiger partial charge >= 0.3 is 0 Å². The van der Waals surface area contributed by atoms with E-state index in [0.717, 1.165) is 6.42 Å². The summed E-state index contributed by atoms with van der Waals surface area (Å²) in [5, 5.41) is 6.32. The van der Waals surface area contributed by atoms with E-state index >= 15 is 0 Å². The lowest BCUT2D eigenvalue weighted by Crippen LogP contribution is -2.32. The number of nitrogens with one attached hydrogen (secondary N) is 2. The van der Waals surface area contributed by atoms with Crippen molar-refractivity contribution in [1.29, 1.82) is 0 Å². The van der Waals surface area contributed by atoms with Crippen LogP contribution in [0.4, 0.5) is 0 Å². The van der Waals surface area contributed by atoms with E-state index in [1.54, 1.807) is 0 Å². The third kappa shape index (κ3) is 3.60. The minimum atomic E-state index is 0.0844. The molecular weight excluding hydrogens is 238 g/mol. The predicted octanol–water partition coefficient (Wildman–Crippen LogP) is 2.00. The van der Waals surface area contributed by atoms with Gasteiger partial charge in [-0.25, -0.2) is 0 Å². The highest BCUT2D eigenvalue weighted by Gasteiger charge is 2.19. The SMILES string of the molecule is CNC1CCCCc2cn(CC(=O)NC(C)C)cc21. The summed E-state index contributed by atoms with van der Waals surface area (Å²) in [6, 6.07) is 0.637. The van der Waals surface area contributed by atoms with E-state index < -0.39 is 0 Å². The van der Waals surface area contributed by atoms with Gasteiger partial charge in [-0.2, -0.15) is 0 Å². The number of hydrogen-bond donors (Lipinski definition) is 2. The van der Waals surface area contributed by atoms with E-state index in [9.17, 15) is 4.79 Å². The first kappa shape index (κ1) is 14.1. The van der Waals surface area contributed by atoms with Gasteiger partial charge in [-0.3, -0.25) is 4.79 Å². The van der Waals surface area contributed by atoms with Gasteiger partial charge in [0.05, 0.1) is 0 Å². The monoisotopic (exact) mass is 263 g/mol. The summed E-state index contributed by atoms with van der Waals surface area (Å²) < 4.78 is 2.03. The Morgan fingerprint density at radius 3 is 2.89 bits per heavy atom. The predicted molar refractivity (Wildman–Crippen MR) is 77.1 cm³/mol. The summed E-state index contributed by atoms with van der Waals surface area (Å²) in [5.41, 5.74) is 2.77. The van der Waals surface area contributed by atoms with Crippen LogP contribution in [0.5, 0.6) is 0 Å². The maximum atomic E-state index is 11.8. The molecule has 19 heavy (non-hydrogen) atoms. The third-order valence-electron chi connectivity index (χ3n) is 3.69. The lowest BCUT2D eigenvalue weighted by atomic mass is 10.1. The van der Waals surface area contributed by atoms with Gasteiger partial charge in [-0.05, 0) is 51.3 Å². The van der Waals surface area contributed by atoms with Crippen LogP contribution in [0.2, 0.25) is 0 Å². The van der Waals surface area contributed by atoms with E-state index in [1.807, 2.05) is 25.5 Å². The average molecular weight is 263 g/mol. The fourth-order valence-electron chi connectivity index (χ4n) is 2.84. The molecule has 1 unspecified atom stereocenters. The molecule has 0 saturated heterocycles. The first-order valence-corrected chi connectivity index (χ1v) is 7.25. The maximum Gasteiger partial charge on any atom is 0.240 e. The molecule has 1 aromatic heterocycles. The molecule has 4 heteroatoms. The fourth-order valence-corrected chi connectivity index (χ4v) is 2.84. The van der Waals surface area contributed by atoms with E-state index in [1.165, 1.54) is 30.4 Å². The topological polar surface area (TPSA) is 46.1 Å². The highest BCUT2D eigenvalue weighted by Crippen LogP contribution is 2.29. The molecule has 1 heterocycles. The van der Waals surface area contributed by atoms with Crippen LogP contribution in [0.3, 0.4) is 0 Å². The second kappa shape index (κ2) is 6.24. The fraction of sp³-hybridized carbons (Fsp3) is 0.667. The number of fused-ring (bicyclic) bond motifs is 1. The van der Waals surface area contributed by atoms with Crippen molar-refractivity contribution in [2.45, 2.75) is 58.2 Å². The van der Waals surface area contributed by atoms with E-state index in [0.29, 0.717) is 12.6 Å². The zero-order valence-electron chi connectivity index (χ0n) is 12.2. The van der Waals surface area contributed by atoms with Crippen molar-refractivity contribution in [3.8, 4) is 0 Å². The summed E-state index contributed by atoms with van der Waals surface area (Å²) in [7, 11) is 2.02. The number of carbonyl (C=O) groups is 1. The molecular formula is C15H25N3O. The normalized spacial score (nSPS) is 19.1. The van der Waals surface area contributed by atoms with E-state index in [4.69, 9.17) is 0 Å². The number of amides is 1. The van der Waals surface area contributed by atoms with Crippen molar-refractivity contribution in [3.05, 3.63) is 23.5 Å². The molecule has 0 spiro atoms. The van der Waals surface area contributed by atoms with Crippen LogP contribution in [0.25, 0.3) is 0 Å². The first-order valence-electron chi connectivity index (χ1n) is 7.25. The summed E-state index contributed by atoms with van der Waals surface area (Å²) in [5.74, 6) is 0.0844. The van der Waals surface area contributed by atoms with Gasteiger partial charge in [0.15, 0.2) is 0 Å². The molecule has 0 aromatic carbocycles. The molecule has 1 aliphatic rings. The van der Waals surface area contributed by atoms with Crippen LogP contribution in [0.15, 0.2) is 12.4 Å². The van der Waals surface area contributed by atoms with Gasteiger partial charge in [0.2, 0.25) is 5.91 Å². The van der Waals surface area contributed by atoms with Gasteiger partial charge in [-0.15, -0.1) is 0 Å². The van der Waals surface area contributed by atoms with Crippen molar-refractivity contribution in [2.24, 2.45) is 0 Å². The summed E-state index contributed by atoms with van der Waals surface area (Å²) >= 11 is 0. The summed E-state index contributed by atoms with van der Waals surface area (Å²) in [6.07, 6.45) is 9.12. The Balaban J connectivity index is 2.10.